The normalized spacial score (nSPS) is 11.0. The Morgan fingerprint density at radius 3 is 2.68 bits per heavy atom. The molecule has 0 aliphatic rings. The molecule has 1 heterocycles. The molecule has 138 valence electrons. The molecule has 0 bridgehead atoms. The highest BCUT2D eigenvalue weighted by Crippen LogP contribution is 2.17. The van der Waals surface area contributed by atoms with Gasteiger partial charge in [0.05, 0.1) is 20.2 Å². The zero-order valence-electron chi connectivity index (χ0n) is 15.7. The van der Waals surface area contributed by atoms with Gasteiger partial charge in [-0.25, -0.2) is 4.99 Å². The molecule has 0 atom stereocenters. The number of guanidine groups is 1. The van der Waals surface area contributed by atoms with E-state index in [4.69, 9.17) is 9.73 Å². The highest BCUT2D eigenvalue weighted by molar-refractivity contribution is 14.0. The number of nitrogens with zero attached hydrogens (tertiary/aromatic N) is 3. The summed E-state index contributed by atoms with van der Waals surface area (Å²) in [6.07, 6.45) is 2.06. The van der Waals surface area contributed by atoms with Crippen molar-refractivity contribution in [1.82, 2.24) is 14.8 Å². The van der Waals surface area contributed by atoms with Gasteiger partial charge in [0.2, 0.25) is 0 Å². The molecule has 1 aromatic heterocycles. The smallest absolute Gasteiger partial charge is 0.194 e. The van der Waals surface area contributed by atoms with Gasteiger partial charge in [0, 0.05) is 32.5 Å². The van der Waals surface area contributed by atoms with E-state index in [2.05, 4.69) is 67.1 Å². The fourth-order valence-electron chi connectivity index (χ4n) is 2.65. The first-order valence-corrected chi connectivity index (χ1v) is 8.27. The number of aliphatic imine (C=N–C) groups is 1. The summed E-state index contributed by atoms with van der Waals surface area (Å²) in [5, 5.41) is 3.36. The maximum absolute atomic E-state index is 5.34. The highest BCUT2D eigenvalue weighted by Gasteiger charge is 2.08. The Morgan fingerprint density at radius 2 is 2.08 bits per heavy atom. The molecule has 2 aromatic rings. The molecule has 0 unspecified atom stereocenters. The van der Waals surface area contributed by atoms with Crippen molar-refractivity contribution in [3.63, 3.8) is 0 Å². The molecule has 1 aromatic carbocycles. The van der Waals surface area contributed by atoms with Crippen LogP contribution in [0.4, 0.5) is 0 Å². The number of hydrogen-bond acceptors (Lipinski definition) is 2. The van der Waals surface area contributed by atoms with E-state index in [0.29, 0.717) is 6.54 Å². The zero-order valence-corrected chi connectivity index (χ0v) is 18.1. The van der Waals surface area contributed by atoms with Crippen LogP contribution in [0, 0.1) is 6.92 Å². The van der Waals surface area contributed by atoms with Crippen LogP contribution in [0.25, 0.3) is 0 Å². The predicted octanol–water partition coefficient (Wildman–Crippen LogP) is 3.56. The van der Waals surface area contributed by atoms with Crippen LogP contribution >= 0.6 is 24.0 Å². The van der Waals surface area contributed by atoms with Crippen LogP contribution in [0.15, 0.2) is 41.5 Å². The number of hydrogen-bond donors (Lipinski definition) is 1. The van der Waals surface area contributed by atoms with Gasteiger partial charge in [0.15, 0.2) is 5.96 Å². The van der Waals surface area contributed by atoms with Crippen molar-refractivity contribution in [3.05, 3.63) is 53.3 Å². The van der Waals surface area contributed by atoms with E-state index < -0.39 is 0 Å². The first-order chi connectivity index (χ1) is 11.5. The lowest BCUT2D eigenvalue weighted by atomic mass is 10.1. The molecule has 0 saturated heterocycles. The summed E-state index contributed by atoms with van der Waals surface area (Å²) in [6.45, 7) is 6.43. The summed E-state index contributed by atoms with van der Waals surface area (Å²) in [7, 11) is 5.82. The van der Waals surface area contributed by atoms with Crippen LogP contribution in [0.5, 0.6) is 5.75 Å². The summed E-state index contributed by atoms with van der Waals surface area (Å²) in [4.78, 5) is 6.92. The Morgan fingerprint density at radius 1 is 1.32 bits per heavy atom. The Bertz CT molecular complexity index is 696. The maximum Gasteiger partial charge on any atom is 0.194 e. The number of ether oxygens (including phenoxy) is 1. The summed E-state index contributed by atoms with van der Waals surface area (Å²) < 4.78 is 7.47. The number of aromatic nitrogens is 1. The van der Waals surface area contributed by atoms with Gasteiger partial charge in [-0.3, -0.25) is 0 Å². The second kappa shape index (κ2) is 10.3. The number of rotatable bonds is 6. The van der Waals surface area contributed by atoms with E-state index in [-0.39, 0.29) is 24.0 Å². The average molecular weight is 456 g/mol. The van der Waals surface area contributed by atoms with Gasteiger partial charge < -0.3 is 19.5 Å². The van der Waals surface area contributed by atoms with Crippen LogP contribution in [0.3, 0.4) is 0 Å². The topological polar surface area (TPSA) is 41.8 Å². The molecule has 0 fully saturated rings. The SMILES string of the molecule is CCNC(=NCc1cc(C)cc(OC)c1)N(C)Cc1cccn1C.I. The molecule has 2 rings (SSSR count). The van der Waals surface area contributed by atoms with Crippen molar-refractivity contribution in [2.45, 2.75) is 26.9 Å². The van der Waals surface area contributed by atoms with Gasteiger partial charge >= 0.3 is 0 Å². The molecule has 1 N–H and O–H groups in total. The van der Waals surface area contributed by atoms with E-state index in [1.165, 1.54) is 11.3 Å². The lowest BCUT2D eigenvalue weighted by Crippen LogP contribution is -2.38. The van der Waals surface area contributed by atoms with Crippen LogP contribution in [-0.2, 0) is 20.1 Å². The predicted molar refractivity (Wildman–Crippen MR) is 115 cm³/mol. The van der Waals surface area contributed by atoms with Gasteiger partial charge in [-0.2, -0.15) is 0 Å². The first-order valence-electron chi connectivity index (χ1n) is 8.27. The molecule has 0 amide bonds. The monoisotopic (exact) mass is 456 g/mol. The van der Waals surface area contributed by atoms with Gasteiger partial charge in [-0.05, 0) is 49.2 Å². The number of aryl methyl sites for hydroxylation is 2. The molecule has 0 aliphatic carbocycles. The van der Waals surface area contributed by atoms with E-state index in [1.807, 2.05) is 12.1 Å². The van der Waals surface area contributed by atoms with Gasteiger partial charge in [-0.15, -0.1) is 24.0 Å². The van der Waals surface area contributed by atoms with Crippen molar-refractivity contribution >= 4 is 29.9 Å². The van der Waals surface area contributed by atoms with Crippen molar-refractivity contribution in [2.75, 3.05) is 20.7 Å². The number of halogens is 1. The van der Waals surface area contributed by atoms with Crippen molar-refractivity contribution in [3.8, 4) is 5.75 Å². The molecular weight excluding hydrogens is 427 g/mol. The minimum Gasteiger partial charge on any atom is -0.497 e. The van der Waals surface area contributed by atoms with Crippen molar-refractivity contribution < 1.29 is 4.74 Å². The number of benzene rings is 1. The molecule has 0 spiro atoms. The molecule has 0 saturated carbocycles. The molecular formula is C19H29IN4O. The Balaban J connectivity index is 0.00000312. The average Bonchev–Trinajstić information content (AvgIpc) is 2.95. The van der Waals surface area contributed by atoms with Gasteiger partial charge in [-0.1, -0.05) is 6.07 Å². The third kappa shape index (κ3) is 6.26. The van der Waals surface area contributed by atoms with Crippen LogP contribution in [0.2, 0.25) is 0 Å². The van der Waals surface area contributed by atoms with Gasteiger partial charge in [0.25, 0.3) is 0 Å². The third-order valence-electron chi connectivity index (χ3n) is 3.90. The largest absolute Gasteiger partial charge is 0.497 e. The highest BCUT2D eigenvalue weighted by atomic mass is 127. The standard InChI is InChI=1S/C19H28N4O.HI/c1-6-20-19(23(4)14-17-8-7-9-22(17)3)21-13-16-10-15(2)11-18(12-16)24-5;/h7-12H,6,13-14H2,1-5H3,(H,20,21);1H. The second-order valence-electron chi connectivity index (χ2n) is 6.00. The van der Waals surface area contributed by atoms with Gasteiger partial charge in [0.1, 0.15) is 5.75 Å². The van der Waals surface area contributed by atoms with E-state index in [9.17, 15) is 0 Å². The van der Waals surface area contributed by atoms with E-state index in [0.717, 1.165) is 30.4 Å². The van der Waals surface area contributed by atoms with E-state index in [1.54, 1.807) is 7.11 Å². The molecule has 6 heteroatoms. The minimum absolute atomic E-state index is 0. The second-order valence-corrected chi connectivity index (χ2v) is 6.00. The molecule has 0 aliphatic heterocycles. The zero-order chi connectivity index (χ0) is 17.5. The van der Waals surface area contributed by atoms with Crippen molar-refractivity contribution in [2.24, 2.45) is 12.0 Å². The number of methoxy groups -OCH3 is 1. The van der Waals surface area contributed by atoms with Crippen LogP contribution in [0.1, 0.15) is 23.7 Å². The number of nitrogens with one attached hydrogen (secondary N) is 1. The molecule has 0 radical (unpaired) electrons. The maximum atomic E-state index is 5.34. The van der Waals surface area contributed by atoms with E-state index >= 15 is 0 Å². The third-order valence-corrected chi connectivity index (χ3v) is 3.90. The lowest BCUT2D eigenvalue weighted by Gasteiger charge is -2.22. The Hall–Kier alpha value is -1.70. The quantitative estimate of drug-likeness (QED) is 0.411. The van der Waals surface area contributed by atoms with Crippen LogP contribution < -0.4 is 10.1 Å². The lowest BCUT2D eigenvalue weighted by molar-refractivity contribution is 0.414. The molecule has 5 nitrogen and oxygen atoms in total. The fourth-order valence-corrected chi connectivity index (χ4v) is 2.65. The fraction of sp³-hybridized carbons (Fsp3) is 0.421. The summed E-state index contributed by atoms with van der Waals surface area (Å²) in [6, 6.07) is 10.4. The van der Waals surface area contributed by atoms with Crippen LogP contribution in [-0.4, -0.2) is 36.1 Å². The Labute approximate surface area is 168 Å². The summed E-state index contributed by atoms with van der Waals surface area (Å²) >= 11 is 0. The first kappa shape index (κ1) is 21.3. The minimum atomic E-state index is 0. The summed E-state index contributed by atoms with van der Waals surface area (Å²) in [5.74, 6) is 1.78. The Kier molecular flexibility index (Phi) is 8.82. The summed E-state index contributed by atoms with van der Waals surface area (Å²) in [5.41, 5.74) is 3.58. The molecule has 25 heavy (non-hydrogen) atoms. The van der Waals surface area contributed by atoms with Crippen molar-refractivity contribution in [1.29, 1.82) is 0 Å².